The Morgan fingerprint density at radius 3 is 3.31 bits per heavy atom. The van der Waals surface area contributed by atoms with Crippen molar-refractivity contribution in [3.05, 3.63) is 17.8 Å². The van der Waals surface area contributed by atoms with Crippen molar-refractivity contribution < 1.29 is 9.53 Å². The number of hydrogen-bond donors (Lipinski definition) is 2. The molecule has 1 aromatic rings. The Hall–Kier alpha value is -1.62. The lowest BCUT2D eigenvalue weighted by Gasteiger charge is -2.16. The molecule has 0 radical (unpaired) electrons. The van der Waals surface area contributed by atoms with Crippen molar-refractivity contribution >= 4 is 11.6 Å². The zero-order chi connectivity index (χ0) is 9.26. The lowest BCUT2D eigenvalue weighted by atomic mass is 10.2. The minimum atomic E-state index is -0.163. The third-order valence-electron chi connectivity index (χ3n) is 1.76. The first-order valence-electron chi connectivity index (χ1n) is 3.91. The number of anilines is 1. The van der Waals surface area contributed by atoms with Crippen LogP contribution in [0.25, 0.3) is 0 Å². The highest BCUT2D eigenvalue weighted by Crippen LogP contribution is 2.24. The minimum absolute atomic E-state index is 0.0297. The molecule has 0 spiro atoms. The van der Waals surface area contributed by atoms with E-state index < -0.39 is 0 Å². The Kier molecular flexibility index (Phi) is 1.86. The molecule has 0 saturated carbocycles. The standard InChI is InChI=1S/C8H9N3O2/c9-2-5-1-6-8(10-3-5)13-4-7(12)11-6/h1,3H,2,4,9H2,(H,11,12). The summed E-state index contributed by atoms with van der Waals surface area (Å²) < 4.78 is 5.07. The number of aromatic nitrogens is 1. The van der Waals surface area contributed by atoms with Crippen LogP contribution in [-0.4, -0.2) is 17.5 Å². The van der Waals surface area contributed by atoms with Crippen LogP contribution in [0.5, 0.6) is 5.88 Å². The second-order valence-corrected chi connectivity index (χ2v) is 2.74. The Labute approximate surface area is 74.9 Å². The number of rotatable bonds is 1. The summed E-state index contributed by atoms with van der Waals surface area (Å²) in [5.41, 5.74) is 6.89. The number of hydrogen-bond acceptors (Lipinski definition) is 4. The molecule has 0 bridgehead atoms. The molecule has 0 saturated heterocycles. The third kappa shape index (κ3) is 1.46. The molecular weight excluding hydrogens is 170 g/mol. The summed E-state index contributed by atoms with van der Waals surface area (Å²) in [4.78, 5) is 14.9. The summed E-state index contributed by atoms with van der Waals surface area (Å²) in [7, 11) is 0. The maximum atomic E-state index is 10.9. The van der Waals surface area contributed by atoms with Gasteiger partial charge in [0, 0.05) is 12.7 Å². The van der Waals surface area contributed by atoms with Crippen LogP contribution in [0.15, 0.2) is 12.3 Å². The first kappa shape index (κ1) is 8.00. The second kappa shape index (κ2) is 3.02. The van der Waals surface area contributed by atoms with E-state index in [4.69, 9.17) is 10.5 Å². The van der Waals surface area contributed by atoms with Crippen molar-refractivity contribution in [3.63, 3.8) is 0 Å². The van der Waals surface area contributed by atoms with Crippen LogP contribution in [-0.2, 0) is 11.3 Å². The Morgan fingerprint density at radius 1 is 1.69 bits per heavy atom. The van der Waals surface area contributed by atoms with Gasteiger partial charge in [-0.25, -0.2) is 4.98 Å². The number of ether oxygens (including phenoxy) is 1. The lowest BCUT2D eigenvalue weighted by molar-refractivity contribution is -0.118. The summed E-state index contributed by atoms with van der Waals surface area (Å²) in [6.45, 7) is 0.429. The third-order valence-corrected chi connectivity index (χ3v) is 1.76. The van der Waals surface area contributed by atoms with Crippen LogP contribution < -0.4 is 15.8 Å². The Balaban J connectivity index is 2.38. The number of carbonyl (C=O) groups is 1. The Bertz CT molecular complexity index is 351. The van der Waals surface area contributed by atoms with E-state index in [-0.39, 0.29) is 12.5 Å². The molecule has 2 rings (SSSR count). The largest absolute Gasteiger partial charge is 0.466 e. The summed E-state index contributed by atoms with van der Waals surface area (Å²) in [5.74, 6) is 0.292. The maximum Gasteiger partial charge on any atom is 0.262 e. The van der Waals surface area contributed by atoms with Gasteiger partial charge in [0.15, 0.2) is 6.61 Å². The van der Waals surface area contributed by atoms with Crippen molar-refractivity contribution in [1.29, 1.82) is 0 Å². The van der Waals surface area contributed by atoms with Crippen LogP contribution in [0.4, 0.5) is 5.69 Å². The fraction of sp³-hybridized carbons (Fsp3) is 0.250. The molecule has 0 fully saturated rings. The SMILES string of the molecule is NCc1cnc2c(c1)NC(=O)CO2. The van der Waals surface area contributed by atoms with E-state index in [0.717, 1.165) is 5.56 Å². The zero-order valence-electron chi connectivity index (χ0n) is 6.91. The Morgan fingerprint density at radius 2 is 2.54 bits per heavy atom. The van der Waals surface area contributed by atoms with Gasteiger partial charge in [-0.1, -0.05) is 0 Å². The van der Waals surface area contributed by atoms with Gasteiger partial charge in [0.25, 0.3) is 5.91 Å². The van der Waals surface area contributed by atoms with Gasteiger partial charge in [-0.05, 0) is 11.6 Å². The average Bonchev–Trinajstić information content (AvgIpc) is 2.16. The van der Waals surface area contributed by atoms with E-state index in [9.17, 15) is 4.79 Å². The highest BCUT2D eigenvalue weighted by molar-refractivity contribution is 5.94. The van der Waals surface area contributed by atoms with Gasteiger partial charge in [-0.2, -0.15) is 0 Å². The minimum Gasteiger partial charge on any atom is -0.466 e. The summed E-state index contributed by atoms with van der Waals surface area (Å²) in [6.07, 6.45) is 1.64. The number of pyridine rings is 1. The van der Waals surface area contributed by atoms with Gasteiger partial charge < -0.3 is 15.8 Å². The first-order chi connectivity index (χ1) is 6.29. The molecule has 0 aliphatic carbocycles. The highest BCUT2D eigenvalue weighted by atomic mass is 16.5. The van der Waals surface area contributed by atoms with Gasteiger partial charge in [0.1, 0.15) is 5.69 Å². The summed E-state index contributed by atoms with van der Waals surface area (Å²) >= 11 is 0. The predicted octanol–water partition coefficient (Wildman–Crippen LogP) is -0.129. The smallest absolute Gasteiger partial charge is 0.262 e. The van der Waals surface area contributed by atoms with E-state index >= 15 is 0 Å². The maximum absolute atomic E-state index is 10.9. The molecule has 0 aromatic carbocycles. The molecule has 0 unspecified atom stereocenters. The number of nitrogens with two attached hydrogens (primary N) is 1. The molecule has 2 heterocycles. The molecule has 68 valence electrons. The van der Waals surface area contributed by atoms with Crippen molar-refractivity contribution in [2.45, 2.75) is 6.54 Å². The van der Waals surface area contributed by atoms with Crippen LogP contribution in [0, 0.1) is 0 Å². The quantitative estimate of drug-likeness (QED) is 0.629. The molecule has 3 N–H and O–H groups in total. The summed E-state index contributed by atoms with van der Waals surface area (Å²) in [5, 5.41) is 2.65. The van der Waals surface area contributed by atoms with E-state index in [1.807, 2.05) is 0 Å². The number of amides is 1. The number of fused-ring (bicyclic) bond motifs is 1. The monoisotopic (exact) mass is 179 g/mol. The molecule has 5 nitrogen and oxygen atoms in total. The molecule has 5 heteroatoms. The van der Waals surface area contributed by atoms with Gasteiger partial charge in [0.05, 0.1) is 0 Å². The van der Waals surface area contributed by atoms with E-state index in [0.29, 0.717) is 18.1 Å². The van der Waals surface area contributed by atoms with Gasteiger partial charge in [-0.3, -0.25) is 4.79 Å². The summed E-state index contributed by atoms with van der Waals surface area (Å²) in [6, 6.07) is 1.76. The highest BCUT2D eigenvalue weighted by Gasteiger charge is 2.16. The van der Waals surface area contributed by atoms with Crippen molar-refractivity contribution in [1.82, 2.24) is 4.98 Å². The van der Waals surface area contributed by atoms with Crippen molar-refractivity contribution in [3.8, 4) is 5.88 Å². The van der Waals surface area contributed by atoms with Gasteiger partial charge in [0.2, 0.25) is 5.88 Å². The topological polar surface area (TPSA) is 77.2 Å². The van der Waals surface area contributed by atoms with E-state index in [1.165, 1.54) is 0 Å². The van der Waals surface area contributed by atoms with E-state index in [2.05, 4.69) is 10.3 Å². The van der Waals surface area contributed by atoms with Crippen LogP contribution in [0.3, 0.4) is 0 Å². The van der Waals surface area contributed by atoms with Gasteiger partial charge in [-0.15, -0.1) is 0 Å². The van der Waals surface area contributed by atoms with Crippen molar-refractivity contribution in [2.75, 3.05) is 11.9 Å². The van der Waals surface area contributed by atoms with Crippen LogP contribution in [0.1, 0.15) is 5.56 Å². The predicted molar refractivity (Wildman–Crippen MR) is 46.3 cm³/mol. The molecule has 1 aliphatic rings. The number of carbonyl (C=O) groups excluding carboxylic acids is 1. The molecule has 1 aromatic heterocycles. The molecular formula is C8H9N3O2. The van der Waals surface area contributed by atoms with E-state index in [1.54, 1.807) is 12.3 Å². The second-order valence-electron chi connectivity index (χ2n) is 2.74. The molecule has 0 atom stereocenters. The fourth-order valence-corrected chi connectivity index (χ4v) is 1.13. The zero-order valence-corrected chi connectivity index (χ0v) is 6.91. The lowest BCUT2D eigenvalue weighted by Crippen LogP contribution is -2.26. The molecule has 1 amide bonds. The van der Waals surface area contributed by atoms with Crippen molar-refractivity contribution in [2.24, 2.45) is 5.73 Å². The van der Waals surface area contributed by atoms with Gasteiger partial charge >= 0.3 is 0 Å². The fourth-order valence-electron chi connectivity index (χ4n) is 1.13. The first-order valence-corrected chi connectivity index (χ1v) is 3.91. The van der Waals surface area contributed by atoms with Crippen LogP contribution >= 0.6 is 0 Å². The number of nitrogens with one attached hydrogen (secondary N) is 1. The molecule has 13 heavy (non-hydrogen) atoms. The average molecular weight is 179 g/mol. The molecule has 1 aliphatic heterocycles. The normalized spacial score (nSPS) is 14.4. The number of nitrogens with zero attached hydrogens (tertiary/aromatic N) is 1. The van der Waals surface area contributed by atoms with Crippen LogP contribution in [0.2, 0.25) is 0 Å².